The third-order valence-corrected chi connectivity index (χ3v) is 3.94. The number of nitro benzene ring substituents is 1. The molecule has 1 aromatic heterocycles. The molecule has 9 heteroatoms. The van der Waals surface area contributed by atoms with E-state index in [2.05, 4.69) is 10.5 Å². The predicted molar refractivity (Wildman–Crippen MR) is 102 cm³/mol. The molecule has 1 amide bonds. The third-order valence-electron chi connectivity index (χ3n) is 3.62. The number of furan rings is 1. The van der Waals surface area contributed by atoms with E-state index in [4.69, 9.17) is 21.8 Å². The van der Waals surface area contributed by atoms with Gasteiger partial charge in [0.2, 0.25) is 0 Å². The van der Waals surface area contributed by atoms with Crippen molar-refractivity contribution in [2.45, 2.75) is 0 Å². The lowest BCUT2D eigenvalue weighted by atomic mass is 10.1. The fraction of sp³-hybridized carbons (Fsp3) is 0. The van der Waals surface area contributed by atoms with Crippen LogP contribution >= 0.6 is 11.6 Å². The number of para-hydroxylation sites is 1. The highest BCUT2D eigenvalue weighted by Crippen LogP contribution is 2.31. The van der Waals surface area contributed by atoms with E-state index in [0.717, 1.165) is 0 Å². The number of hydrogen-bond donors (Lipinski definition) is 2. The zero-order valence-electron chi connectivity index (χ0n) is 13.8. The van der Waals surface area contributed by atoms with E-state index in [0.29, 0.717) is 28.3 Å². The van der Waals surface area contributed by atoms with E-state index in [-0.39, 0.29) is 10.7 Å². The number of rotatable bonds is 5. The number of hydrazone groups is 1. The summed E-state index contributed by atoms with van der Waals surface area (Å²) in [6.45, 7) is 0. The molecule has 0 aliphatic rings. The van der Waals surface area contributed by atoms with Crippen LogP contribution in [0.4, 0.5) is 11.4 Å². The smallest absolute Gasteiger partial charge is 0.288 e. The molecule has 136 valence electrons. The average molecular weight is 385 g/mol. The maximum atomic E-state index is 12.0. The molecule has 0 saturated carbocycles. The average Bonchev–Trinajstić information content (AvgIpc) is 3.11. The van der Waals surface area contributed by atoms with Gasteiger partial charge in [0, 0.05) is 17.3 Å². The summed E-state index contributed by atoms with van der Waals surface area (Å²) in [4.78, 5) is 22.4. The number of carbonyl (C=O) groups is 1. The second kappa shape index (κ2) is 7.71. The van der Waals surface area contributed by atoms with Crippen molar-refractivity contribution in [3.05, 3.63) is 81.1 Å². The van der Waals surface area contributed by atoms with E-state index in [1.807, 2.05) is 0 Å². The Morgan fingerprint density at radius 1 is 1.22 bits per heavy atom. The molecule has 0 radical (unpaired) electrons. The van der Waals surface area contributed by atoms with Gasteiger partial charge in [0.15, 0.2) is 0 Å². The number of nitrogens with two attached hydrogens (primary N) is 1. The van der Waals surface area contributed by atoms with Gasteiger partial charge in [-0.1, -0.05) is 23.7 Å². The first-order valence-corrected chi connectivity index (χ1v) is 8.05. The fourth-order valence-corrected chi connectivity index (χ4v) is 2.49. The molecule has 0 saturated heterocycles. The summed E-state index contributed by atoms with van der Waals surface area (Å²) in [5, 5.41) is 14.8. The van der Waals surface area contributed by atoms with Crippen LogP contribution in [0, 0.1) is 10.1 Å². The van der Waals surface area contributed by atoms with Gasteiger partial charge in [0.05, 0.1) is 16.7 Å². The highest BCUT2D eigenvalue weighted by molar-refractivity contribution is 6.32. The van der Waals surface area contributed by atoms with Crippen molar-refractivity contribution in [2.24, 2.45) is 5.10 Å². The highest BCUT2D eigenvalue weighted by atomic mass is 35.5. The van der Waals surface area contributed by atoms with Crippen molar-refractivity contribution in [3.8, 4) is 11.3 Å². The monoisotopic (exact) mass is 384 g/mol. The zero-order chi connectivity index (χ0) is 19.4. The summed E-state index contributed by atoms with van der Waals surface area (Å²) < 4.78 is 5.56. The SMILES string of the molecule is Nc1ccccc1C(=O)N/N=C\c1ccc(-c2ccc(Cl)c([N+](=O)[O-])c2)o1. The van der Waals surface area contributed by atoms with Crippen molar-refractivity contribution in [1.29, 1.82) is 0 Å². The molecular formula is C18H13ClN4O4. The van der Waals surface area contributed by atoms with Crippen molar-refractivity contribution in [1.82, 2.24) is 5.43 Å². The molecule has 27 heavy (non-hydrogen) atoms. The minimum Gasteiger partial charge on any atom is -0.455 e. The molecule has 0 aliphatic carbocycles. The summed E-state index contributed by atoms with van der Waals surface area (Å²) in [7, 11) is 0. The van der Waals surface area contributed by atoms with Gasteiger partial charge in [0.1, 0.15) is 16.5 Å². The Kier molecular flexibility index (Phi) is 5.18. The molecule has 1 heterocycles. The number of benzene rings is 2. The summed E-state index contributed by atoms with van der Waals surface area (Å²) in [5.41, 5.74) is 9.01. The van der Waals surface area contributed by atoms with Crippen molar-refractivity contribution in [2.75, 3.05) is 5.73 Å². The highest BCUT2D eigenvalue weighted by Gasteiger charge is 2.15. The summed E-state index contributed by atoms with van der Waals surface area (Å²) in [6.07, 6.45) is 1.31. The van der Waals surface area contributed by atoms with E-state index in [1.54, 1.807) is 42.5 Å². The van der Waals surface area contributed by atoms with Crippen LogP contribution in [0.5, 0.6) is 0 Å². The van der Waals surface area contributed by atoms with Crippen LogP contribution in [0.2, 0.25) is 5.02 Å². The Labute approximate surface area is 158 Å². The fourth-order valence-electron chi connectivity index (χ4n) is 2.30. The molecule has 0 bridgehead atoms. The van der Waals surface area contributed by atoms with Crippen LogP contribution in [0.3, 0.4) is 0 Å². The first-order chi connectivity index (χ1) is 13.0. The molecule has 0 fully saturated rings. The molecule has 0 unspecified atom stereocenters. The van der Waals surface area contributed by atoms with Crippen LogP contribution in [-0.4, -0.2) is 17.0 Å². The molecule has 0 atom stereocenters. The normalized spacial score (nSPS) is 10.9. The second-order valence-electron chi connectivity index (χ2n) is 5.41. The van der Waals surface area contributed by atoms with E-state index in [1.165, 1.54) is 18.3 Å². The second-order valence-corrected chi connectivity index (χ2v) is 5.82. The van der Waals surface area contributed by atoms with Crippen molar-refractivity contribution in [3.63, 3.8) is 0 Å². The zero-order valence-corrected chi connectivity index (χ0v) is 14.5. The topological polar surface area (TPSA) is 124 Å². The number of nitrogen functional groups attached to an aromatic ring is 1. The molecule has 3 rings (SSSR count). The molecule has 0 aliphatic heterocycles. The summed E-state index contributed by atoms with van der Waals surface area (Å²) in [5.74, 6) is 0.295. The van der Waals surface area contributed by atoms with E-state index >= 15 is 0 Å². The van der Waals surface area contributed by atoms with Crippen molar-refractivity contribution < 1.29 is 14.1 Å². The Bertz CT molecular complexity index is 1050. The van der Waals surface area contributed by atoms with Gasteiger partial charge in [-0.3, -0.25) is 14.9 Å². The van der Waals surface area contributed by atoms with Gasteiger partial charge in [-0.25, -0.2) is 5.43 Å². The number of nitro groups is 1. The number of anilines is 1. The van der Waals surface area contributed by atoms with E-state index in [9.17, 15) is 14.9 Å². The lowest BCUT2D eigenvalue weighted by molar-refractivity contribution is -0.384. The molecule has 3 aromatic rings. The Morgan fingerprint density at radius 2 is 2.00 bits per heavy atom. The first-order valence-electron chi connectivity index (χ1n) is 7.68. The Hall–Kier alpha value is -3.65. The number of hydrogen-bond acceptors (Lipinski definition) is 6. The standard InChI is InChI=1S/C18H13ClN4O4/c19-14-7-5-11(9-16(14)23(25)26)17-8-6-12(27-17)10-21-22-18(24)13-3-1-2-4-15(13)20/h1-10H,20H2,(H,22,24)/b21-10-. The van der Waals surface area contributed by atoms with E-state index < -0.39 is 10.8 Å². The molecule has 8 nitrogen and oxygen atoms in total. The van der Waals surface area contributed by atoms with Crippen LogP contribution < -0.4 is 11.2 Å². The number of nitrogens with one attached hydrogen (secondary N) is 1. The predicted octanol–water partition coefficient (Wildman–Crippen LogP) is 3.85. The Morgan fingerprint density at radius 3 is 2.74 bits per heavy atom. The van der Waals surface area contributed by atoms with Gasteiger partial charge < -0.3 is 10.2 Å². The number of amides is 1. The molecule has 3 N–H and O–H groups in total. The van der Waals surface area contributed by atoms with Gasteiger partial charge in [0.25, 0.3) is 11.6 Å². The summed E-state index contributed by atoms with van der Waals surface area (Å²) >= 11 is 5.80. The minimum atomic E-state index is -0.568. The first kappa shape index (κ1) is 18.2. The number of halogens is 1. The molecule has 2 aromatic carbocycles. The molecule has 0 spiro atoms. The minimum absolute atomic E-state index is 0.0417. The maximum Gasteiger partial charge on any atom is 0.288 e. The largest absolute Gasteiger partial charge is 0.455 e. The van der Waals surface area contributed by atoms with Crippen molar-refractivity contribution >= 4 is 35.1 Å². The third kappa shape index (κ3) is 4.13. The lowest BCUT2D eigenvalue weighted by Crippen LogP contribution is -2.18. The number of nitrogens with zero attached hydrogens (tertiary/aromatic N) is 2. The summed E-state index contributed by atoms with van der Waals surface area (Å²) in [6, 6.07) is 14.2. The quantitative estimate of drug-likeness (QED) is 0.299. The number of carbonyl (C=O) groups excluding carboxylic acids is 1. The van der Waals surface area contributed by atoms with Crippen LogP contribution in [0.1, 0.15) is 16.1 Å². The van der Waals surface area contributed by atoms with Gasteiger partial charge in [-0.05, 0) is 36.4 Å². The van der Waals surface area contributed by atoms with Crippen LogP contribution in [0.25, 0.3) is 11.3 Å². The lowest BCUT2D eigenvalue weighted by Gasteiger charge is -2.02. The van der Waals surface area contributed by atoms with Gasteiger partial charge in [-0.2, -0.15) is 5.10 Å². The maximum absolute atomic E-state index is 12.0. The van der Waals surface area contributed by atoms with Gasteiger partial charge >= 0.3 is 0 Å². The van der Waals surface area contributed by atoms with Crippen LogP contribution in [-0.2, 0) is 0 Å². The molecular weight excluding hydrogens is 372 g/mol. The van der Waals surface area contributed by atoms with Crippen LogP contribution in [0.15, 0.2) is 64.1 Å². The van der Waals surface area contributed by atoms with Gasteiger partial charge in [-0.15, -0.1) is 0 Å². The Balaban J connectivity index is 1.72.